The lowest BCUT2D eigenvalue weighted by Crippen LogP contribution is -2.30. The molecular weight excluding hydrogens is 436 g/mol. The largest absolute Gasteiger partial charge is 0.452 e. The second-order valence-electron chi connectivity index (χ2n) is 6.80. The van der Waals surface area contributed by atoms with Crippen molar-refractivity contribution in [1.82, 2.24) is 9.62 Å². The summed E-state index contributed by atoms with van der Waals surface area (Å²) in [6.07, 6.45) is 0. The molecule has 0 fully saturated rings. The molecule has 162 valence electrons. The monoisotopic (exact) mass is 458 g/mol. The van der Waals surface area contributed by atoms with Gasteiger partial charge in [0.15, 0.2) is 6.61 Å². The molecule has 31 heavy (non-hydrogen) atoms. The Kier molecular flexibility index (Phi) is 7.56. The quantitative estimate of drug-likeness (QED) is 0.498. The first-order valence-electron chi connectivity index (χ1n) is 9.41. The van der Waals surface area contributed by atoms with Gasteiger partial charge in [-0.15, -0.1) is 0 Å². The Morgan fingerprint density at radius 2 is 1.81 bits per heavy atom. The van der Waals surface area contributed by atoms with Crippen LogP contribution in [0.3, 0.4) is 0 Å². The number of ether oxygens (including phenoxy) is 1. The summed E-state index contributed by atoms with van der Waals surface area (Å²) in [5.41, 5.74) is 1.86. The summed E-state index contributed by atoms with van der Waals surface area (Å²) < 4.78 is 32.7. The van der Waals surface area contributed by atoms with E-state index in [9.17, 15) is 18.0 Å². The molecule has 0 spiro atoms. The fraction of sp³-hybridized carbons (Fsp3) is 0.182. The number of hydrogen-bond acceptors (Lipinski definition) is 6. The number of nitrogens with zero attached hydrogens (tertiary/aromatic N) is 1. The number of nitrogens with one attached hydrogen (secondary N) is 1. The minimum Gasteiger partial charge on any atom is -0.452 e. The number of carbonyl (C=O) groups excluding carboxylic acids is 2. The molecule has 0 atom stereocenters. The van der Waals surface area contributed by atoms with Crippen LogP contribution in [0.4, 0.5) is 0 Å². The zero-order valence-corrected chi connectivity index (χ0v) is 18.5. The fourth-order valence-electron chi connectivity index (χ4n) is 2.71. The average Bonchev–Trinajstić information content (AvgIpc) is 3.29. The van der Waals surface area contributed by atoms with E-state index in [1.165, 1.54) is 40.5 Å². The maximum Gasteiger partial charge on any atom is 0.338 e. The lowest BCUT2D eigenvalue weighted by atomic mass is 10.2. The first-order valence-corrected chi connectivity index (χ1v) is 11.8. The van der Waals surface area contributed by atoms with Crippen LogP contribution in [0, 0.1) is 0 Å². The van der Waals surface area contributed by atoms with Crippen LogP contribution in [0.5, 0.6) is 0 Å². The first-order chi connectivity index (χ1) is 14.8. The van der Waals surface area contributed by atoms with Gasteiger partial charge in [-0.05, 0) is 46.2 Å². The molecule has 0 aliphatic rings. The van der Waals surface area contributed by atoms with Crippen molar-refractivity contribution in [3.05, 3.63) is 88.1 Å². The van der Waals surface area contributed by atoms with Crippen LogP contribution in [0.25, 0.3) is 0 Å². The van der Waals surface area contributed by atoms with Gasteiger partial charge in [0.2, 0.25) is 10.0 Å². The molecule has 2 aromatic carbocycles. The highest BCUT2D eigenvalue weighted by atomic mass is 32.2. The van der Waals surface area contributed by atoms with Gasteiger partial charge < -0.3 is 9.64 Å². The highest BCUT2D eigenvalue weighted by Crippen LogP contribution is 2.14. The Morgan fingerprint density at radius 1 is 1.03 bits per heavy atom. The molecule has 1 aromatic heterocycles. The number of amides is 1. The van der Waals surface area contributed by atoms with E-state index in [-0.39, 0.29) is 22.9 Å². The van der Waals surface area contributed by atoms with Crippen molar-refractivity contribution in [3.8, 4) is 0 Å². The van der Waals surface area contributed by atoms with E-state index in [0.29, 0.717) is 6.54 Å². The van der Waals surface area contributed by atoms with Crippen LogP contribution in [0.1, 0.15) is 21.5 Å². The van der Waals surface area contributed by atoms with Gasteiger partial charge in [-0.25, -0.2) is 17.9 Å². The molecule has 1 amide bonds. The number of benzene rings is 2. The van der Waals surface area contributed by atoms with Crippen LogP contribution in [0.15, 0.2) is 76.3 Å². The van der Waals surface area contributed by atoms with Crippen molar-refractivity contribution in [2.45, 2.75) is 18.0 Å². The molecule has 1 heterocycles. The predicted octanol–water partition coefficient (Wildman–Crippen LogP) is 3.04. The zero-order valence-electron chi connectivity index (χ0n) is 16.9. The summed E-state index contributed by atoms with van der Waals surface area (Å²) in [7, 11) is -2.20. The van der Waals surface area contributed by atoms with Gasteiger partial charge in [0.25, 0.3) is 5.91 Å². The van der Waals surface area contributed by atoms with Crippen LogP contribution >= 0.6 is 11.3 Å². The van der Waals surface area contributed by atoms with Crippen molar-refractivity contribution in [2.75, 3.05) is 13.7 Å². The van der Waals surface area contributed by atoms with E-state index in [2.05, 4.69) is 4.72 Å². The molecule has 0 saturated carbocycles. The van der Waals surface area contributed by atoms with Gasteiger partial charge in [0, 0.05) is 20.1 Å². The predicted molar refractivity (Wildman–Crippen MR) is 118 cm³/mol. The maximum atomic E-state index is 12.6. The standard InChI is InChI=1S/C22H22N2O5S2/c1-24(14-18-10-11-30-16-18)21(25)15-29-22(26)19-8-5-9-20(12-19)31(27,28)23-13-17-6-3-2-4-7-17/h2-12,16,23H,13-15H2,1H3. The highest BCUT2D eigenvalue weighted by molar-refractivity contribution is 7.89. The lowest BCUT2D eigenvalue weighted by Gasteiger charge is -2.16. The van der Waals surface area contributed by atoms with Gasteiger partial charge in [-0.2, -0.15) is 11.3 Å². The summed E-state index contributed by atoms with van der Waals surface area (Å²) in [5.74, 6) is -1.12. The highest BCUT2D eigenvalue weighted by Gasteiger charge is 2.18. The summed E-state index contributed by atoms with van der Waals surface area (Å²) in [6, 6.07) is 16.5. The Bertz CT molecular complexity index is 1130. The number of hydrogen-bond donors (Lipinski definition) is 1. The Labute approximate surface area is 185 Å². The molecule has 7 nitrogen and oxygen atoms in total. The van der Waals surface area contributed by atoms with Gasteiger partial charge >= 0.3 is 5.97 Å². The Hall–Kier alpha value is -3.01. The number of sulfonamides is 1. The van der Waals surface area contributed by atoms with Crippen LogP contribution in [-0.4, -0.2) is 38.8 Å². The molecule has 9 heteroatoms. The normalized spacial score (nSPS) is 11.1. The van der Waals surface area contributed by atoms with E-state index < -0.39 is 22.6 Å². The molecule has 0 bridgehead atoms. The van der Waals surface area contributed by atoms with Crippen LogP contribution < -0.4 is 4.72 Å². The number of thiophene rings is 1. The number of carbonyl (C=O) groups is 2. The number of likely N-dealkylation sites (N-methyl/N-ethyl adjacent to an activating group) is 1. The van der Waals surface area contributed by atoms with Gasteiger partial charge in [0.05, 0.1) is 10.5 Å². The third-order valence-corrected chi connectivity index (χ3v) is 6.57. The van der Waals surface area contributed by atoms with Crippen molar-refractivity contribution >= 4 is 33.2 Å². The maximum absolute atomic E-state index is 12.6. The van der Waals surface area contributed by atoms with Gasteiger partial charge in [-0.1, -0.05) is 36.4 Å². The third-order valence-electron chi connectivity index (χ3n) is 4.44. The van der Waals surface area contributed by atoms with Crippen molar-refractivity contribution in [2.24, 2.45) is 0 Å². The Morgan fingerprint density at radius 3 is 2.52 bits per heavy atom. The van der Waals surface area contributed by atoms with E-state index in [1.54, 1.807) is 7.05 Å². The van der Waals surface area contributed by atoms with Crippen molar-refractivity contribution < 1.29 is 22.7 Å². The molecule has 0 aliphatic heterocycles. The molecule has 0 aliphatic carbocycles. The summed E-state index contributed by atoms with van der Waals surface area (Å²) in [4.78, 5) is 25.9. The minimum absolute atomic E-state index is 0.0517. The van der Waals surface area contributed by atoms with Crippen LogP contribution in [-0.2, 0) is 32.6 Å². The topological polar surface area (TPSA) is 92.8 Å². The first kappa shape index (κ1) is 22.7. The summed E-state index contributed by atoms with van der Waals surface area (Å²) in [6.45, 7) is 0.117. The van der Waals surface area contributed by atoms with E-state index in [4.69, 9.17) is 4.74 Å². The fourth-order valence-corrected chi connectivity index (χ4v) is 4.44. The lowest BCUT2D eigenvalue weighted by molar-refractivity contribution is -0.133. The minimum atomic E-state index is -3.82. The van der Waals surface area contributed by atoms with E-state index >= 15 is 0 Å². The van der Waals surface area contributed by atoms with E-state index in [1.807, 2.05) is 47.2 Å². The number of rotatable bonds is 9. The summed E-state index contributed by atoms with van der Waals surface area (Å²) in [5, 5.41) is 3.86. The Balaban J connectivity index is 1.58. The molecular formula is C22H22N2O5S2. The van der Waals surface area contributed by atoms with Crippen LogP contribution in [0.2, 0.25) is 0 Å². The average molecular weight is 459 g/mol. The molecule has 3 rings (SSSR count). The third kappa shape index (κ3) is 6.48. The molecule has 0 unspecified atom stereocenters. The molecule has 1 N–H and O–H groups in total. The van der Waals surface area contributed by atoms with E-state index in [0.717, 1.165) is 11.1 Å². The zero-order chi connectivity index (χ0) is 22.3. The smallest absolute Gasteiger partial charge is 0.338 e. The van der Waals surface area contributed by atoms with Crippen molar-refractivity contribution in [3.63, 3.8) is 0 Å². The van der Waals surface area contributed by atoms with Gasteiger partial charge in [0.1, 0.15) is 0 Å². The molecule has 0 radical (unpaired) electrons. The second kappa shape index (κ2) is 10.3. The SMILES string of the molecule is CN(Cc1ccsc1)C(=O)COC(=O)c1cccc(S(=O)(=O)NCc2ccccc2)c1. The molecule has 0 saturated heterocycles. The second-order valence-corrected chi connectivity index (χ2v) is 9.34. The van der Waals surface area contributed by atoms with Gasteiger partial charge in [-0.3, -0.25) is 4.79 Å². The summed E-state index contributed by atoms with van der Waals surface area (Å²) >= 11 is 1.54. The van der Waals surface area contributed by atoms with Crippen molar-refractivity contribution in [1.29, 1.82) is 0 Å². The number of esters is 1. The molecule has 3 aromatic rings.